The molecule has 2 N–H and O–H groups in total. The van der Waals surface area contributed by atoms with Gasteiger partial charge in [0.25, 0.3) is 0 Å². The van der Waals surface area contributed by atoms with E-state index >= 15 is 0 Å². The minimum Gasteiger partial charge on any atom is -0.344 e. The van der Waals surface area contributed by atoms with Crippen molar-refractivity contribution in [2.75, 3.05) is 0 Å². The largest absolute Gasteiger partial charge is 0.344 e. The highest BCUT2D eigenvalue weighted by atomic mass is 16.2. The van der Waals surface area contributed by atoms with Crippen molar-refractivity contribution in [3.05, 3.63) is 0 Å². The highest BCUT2D eigenvalue weighted by molar-refractivity contribution is 6.01. The fourth-order valence-electron chi connectivity index (χ4n) is 1.99. The fraction of sp³-hybridized carbons (Fsp3) is 0.769. The van der Waals surface area contributed by atoms with Crippen molar-refractivity contribution < 1.29 is 14.4 Å². The van der Waals surface area contributed by atoms with E-state index in [0.29, 0.717) is 19.3 Å². The van der Waals surface area contributed by atoms with E-state index in [1.807, 2.05) is 0 Å². The molecule has 1 heterocycles. The zero-order valence-electron chi connectivity index (χ0n) is 11.0. The van der Waals surface area contributed by atoms with Gasteiger partial charge >= 0.3 is 0 Å². The lowest BCUT2D eigenvalue weighted by molar-refractivity contribution is -0.137. The summed E-state index contributed by atoms with van der Waals surface area (Å²) in [6, 6.07) is -0.536. The maximum atomic E-state index is 11.6. The smallest absolute Gasteiger partial charge is 0.249 e. The molecular weight excluding hydrogens is 232 g/mol. The minimum absolute atomic E-state index is 0.0963. The van der Waals surface area contributed by atoms with E-state index in [2.05, 4.69) is 17.6 Å². The van der Waals surface area contributed by atoms with E-state index in [0.717, 1.165) is 19.3 Å². The van der Waals surface area contributed by atoms with Crippen LogP contribution in [0.5, 0.6) is 0 Å². The van der Waals surface area contributed by atoms with Crippen molar-refractivity contribution in [2.24, 2.45) is 0 Å². The summed E-state index contributed by atoms with van der Waals surface area (Å²) < 4.78 is 0. The highest BCUT2D eigenvalue weighted by Crippen LogP contribution is 2.07. The molecule has 5 heteroatoms. The van der Waals surface area contributed by atoms with Gasteiger partial charge in [0.2, 0.25) is 17.7 Å². The topological polar surface area (TPSA) is 75.3 Å². The second-order valence-corrected chi connectivity index (χ2v) is 4.74. The number of unbranched alkanes of at least 4 members (excludes halogenated alkanes) is 4. The minimum atomic E-state index is -0.536. The molecule has 102 valence electrons. The van der Waals surface area contributed by atoms with Crippen LogP contribution < -0.4 is 10.6 Å². The molecule has 5 nitrogen and oxygen atoms in total. The SMILES string of the molecule is CCCCCCCC(=O)NC1CCC(=O)NC1=O. The average Bonchev–Trinajstić information content (AvgIpc) is 2.32. The lowest BCUT2D eigenvalue weighted by Gasteiger charge is -2.21. The van der Waals surface area contributed by atoms with Crippen molar-refractivity contribution in [3.8, 4) is 0 Å². The van der Waals surface area contributed by atoms with Gasteiger partial charge in [0.05, 0.1) is 0 Å². The summed E-state index contributed by atoms with van der Waals surface area (Å²) in [5, 5.41) is 4.90. The predicted octanol–water partition coefficient (Wildman–Crippen LogP) is 1.27. The van der Waals surface area contributed by atoms with E-state index in [1.165, 1.54) is 12.8 Å². The van der Waals surface area contributed by atoms with Crippen LogP contribution in [-0.4, -0.2) is 23.8 Å². The number of amides is 3. The average molecular weight is 254 g/mol. The molecule has 1 unspecified atom stereocenters. The third kappa shape index (κ3) is 5.29. The lowest BCUT2D eigenvalue weighted by Crippen LogP contribution is -2.52. The summed E-state index contributed by atoms with van der Waals surface area (Å²) in [5.41, 5.74) is 0. The molecule has 1 atom stereocenters. The highest BCUT2D eigenvalue weighted by Gasteiger charge is 2.27. The summed E-state index contributed by atoms with van der Waals surface area (Å²) in [7, 11) is 0. The molecule has 0 aromatic rings. The summed E-state index contributed by atoms with van der Waals surface area (Å²) >= 11 is 0. The normalized spacial score (nSPS) is 19.5. The Morgan fingerprint density at radius 3 is 2.67 bits per heavy atom. The van der Waals surface area contributed by atoms with Gasteiger partial charge in [-0.25, -0.2) is 0 Å². The number of hydrogen-bond acceptors (Lipinski definition) is 3. The molecular formula is C13H22N2O3. The zero-order chi connectivity index (χ0) is 13.4. The fourth-order valence-corrected chi connectivity index (χ4v) is 1.99. The Balaban J connectivity index is 2.15. The molecule has 0 spiro atoms. The first kappa shape index (κ1) is 14.7. The van der Waals surface area contributed by atoms with Gasteiger partial charge in [0, 0.05) is 12.8 Å². The molecule has 1 saturated heterocycles. The van der Waals surface area contributed by atoms with E-state index in [4.69, 9.17) is 0 Å². The molecule has 0 radical (unpaired) electrons. The number of imide groups is 1. The van der Waals surface area contributed by atoms with Gasteiger partial charge in [-0.05, 0) is 12.8 Å². The maximum Gasteiger partial charge on any atom is 0.249 e. The number of nitrogens with one attached hydrogen (secondary N) is 2. The zero-order valence-corrected chi connectivity index (χ0v) is 11.0. The lowest BCUT2D eigenvalue weighted by atomic mass is 10.1. The molecule has 0 aromatic heterocycles. The van der Waals surface area contributed by atoms with Gasteiger partial charge in [-0.2, -0.15) is 0 Å². The molecule has 0 aliphatic carbocycles. The third-order valence-electron chi connectivity index (χ3n) is 3.08. The quantitative estimate of drug-likeness (QED) is 0.530. The van der Waals surface area contributed by atoms with Gasteiger partial charge in [-0.3, -0.25) is 19.7 Å². The molecule has 0 bridgehead atoms. The van der Waals surface area contributed by atoms with Crippen LogP contribution in [0.3, 0.4) is 0 Å². The second kappa shape index (κ2) is 7.84. The van der Waals surface area contributed by atoms with Gasteiger partial charge in [-0.15, -0.1) is 0 Å². The first-order valence-corrected chi connectivity index (χ1v) is 6.76. The van der Waals surface area contributed by atoms with Crippen LogP contribution in [0.1, 0.15) is 58.3 Å². The molecule has 1 aliphatic heterocycles. The Labute approximate surface area is 108 Å². The number of carbonyl (C=O) groups is 3. The summed E-state index contributed by atoms with van der Waals surface area (Å²) in [6.45, 7) is 2.15. The second-order valence-electron chi connectivity index (χ2n) is 4.74. The Morgan fingerprint density at radius 1 is 1.28 bits per heavy atom. The Morgan fingerprint density at radius 2 is 2.00 bits per heavy atom. The molecule has 1 fully saturated rings. The van der Waals surface area contributed by atoms with Gasteiger partial charge in [0.1, 0.15) is 6.04 Å². The van der Waals surface area contributed by atoms with Gasteiger partial charge in [-0.1, -0.05) is 32.6 Å². The number of hydrogen-bond donors (Lipinski definition) is 2. The Bertz CT molecular complexity index is 315. The van der Waals surface area contributed by atoms with Crippen LogP contribution in [0.25, 0.3) is 0 Å². The summed E-state index contributed by atoms with van der Waals surface area (Å²) in [4.78, 5) is 33.9. The van der Waals surface area contributed by atoms with Crippen molar-refractivity contribution in [2.45, 2.75) is 64.3 Å². The van der Waals surface area contributed by atoms with E-state index < -0.39 is 6.04 Å². The van der Waals surface area contributed by atoms with Crippen LogP contribution in [0, 0.1) is 0 Å². The Hall–Kier alpha value is -1.39. The molecule has 18 heavy (non-hydrogen) atoms. The molecule has 0 aromatic carbocycles. The van der Waals surface area contributed by atoms with Crippen molar-refractivity contribution in [3.63, 3.8) is 0 Å². The van der Waals surface area contributed by atoms with Gasteiger partial charge < -0.3 is 5.32 Å². The van der Waals surface area contributed by atoms with Crippen molar-refractivity contribution in [1.82, 2.24) is 10.6 Å². The maximum absolute atomic E-state index is 11.6. The standard InChI is InChI=1S/C13H22N2O3/c1-2-3-4-5-6-7-11(16)14-10-8-9-12(17)15-13(10)18/h10H,2-9H2,1H3,(H,14,16)(H,15,17,18). The molecule has 1 rings (SSSR count). The first-order valence-electron chi connectivity index (χ1n) is 6.76. The Kier molecular flexibility index (Phi) is 6.39. The van der Waals surface area contributed by atoms with Crippen LogP contribution in [0.2, 0.25) is 0 Å². The number of carbonyl (C=O) groups excluding carboxylic acids is 3. The molecule has 1 aliphatic rings. The summed E-state index contributed by atoms with van der Waals surface area (Å²) in [5.74, 6) is -0.739. The van der Waals surface area contributed by atoms with Crippen LogP contribution >= 0.6 is 0 Å². The van der Waals surface area contributed by atoms with Crippen LogP contribution in [-0.2, 0) is 14.4 Å². The van der Waals surface area contributed by atoms with Crippen molar-refractivity contribution >= 4 is 17.7 Å². The van der Waals surface area contributed by atoms with E-state index in [-0.39, 0.29) is 17.7 Å². The predicted molar refractivity (Wildman–Crippen MR) is 67.7 cm³/mol. The van der Waals surface area contributed by atoms with Crippen LogP contribution in [0.15, 0.2) is 0 Å². The van der Waals surface area contributed by atoms with Crippen molar-refractivity contribution in [1.29, 1.82) is 0 Å². The number of rotatable bonds is 7. The van der Waals surface area contributed by atoms with Gasteiger partial charge in [0.15, 0.2) is 0 Å². The molecule has 3 amide bonds. The monoisotopic (exact) mass is 254 g/mol. The third-order valence-corrected chi connectivity index (χ3v) is 3.08. The van der Waals surface area contributed by atoms with E-state index in [9.17, 15) is 14.4 Å². The number of piperidine rings is 1. The van der Waals surface area contributed by atoms with E-state index in [1.54, 1.807) is 0 Å². The summed E-state index contributed by atoms with van der Waals surface area (Å²) in [6.07, 6.45) is 6.62. The molecule has 0 saturated carbocycles. The first-order chi connectivity index (χ1) is 8.63. The van der Waals surface area contributed by atoms with Crippen LogP contribution in [0.4, 0.5) is 0 Å².